The highest BCUT2D eigenvalue weighted by Gasteiger charge is 2.18. The molecule has 1 aliphatic rings. The van der Waals surface area contributed by atoms with E-state index in [0.717, 1.165) is 25.2 Å². The van der Waals surface area contributed by atoms with Crippen molar-refractivity contribution >= 4 is 11.7 Å². The number of hydrogen-bond acceptors (Lipinski definition) is 4. The minimum Gasteiger partial charge on any atom is -0.465 e. The number of carbonyl (C=O) groups is 1. The summed E-state index contributed by atoms with van der Waals surface area (Å²) in [6, 6.07) is 7.53. The number of anilines is 1. The molecule has 2 rings (SSSR count). The van der Waals surface area contributed by atoms with Crippen molar-refractivity contribution in [1.82, 2.24) is 0 Å². The van der Waals surface area contributed by atoms with Crippen LogP contribution in [-0.4, -0.2) is 32.7 Å². The van der Waals surface area contributed by atoms with Crippen LogP contribution in [0.3, 0.4) is 0 Å². The van der Waals surface area contributed by atoms with Gasteiger partial charge in [0.2, 0.25) is 0 Å². The number of methoxy groups -OCH3 is 1. The maximum atomic E-state index is 11.7. The average Bonchev–Trinajstić information content (AvgIpc) is 2.46. The summed E-state index contributed by atoms with van der Waals surface area (Å²) in [5.41, 5.74) is 8.45. The molecule has 0 fully saturated rings. The van der Waals surface area contributed by atoms with E-state index in [1.165, 1.54) is 12.7 Å². The van der Waals surface area contributed by atoms with Gasteiger partial charge >= 0.3 is 5.97 Å². The zero-order valence-corrected chi connectivity index (χ0v) is 10.6. The third-order valence-electron chi connectivity index (χ3n) is 3.22. The van der Waals surface area contributed by atoms with Gasteiger partial charge in [0.1, 0.15) is 0 Å². The van der Waals surface area contributed by atoms with E-state index in [9.17, 15) is 4.79 Å². The van der Waals surface area contributed by atoms with Gasteiger partial charge in [0.25, 0.3) is 0 Å². The number of rotatable bonds is 3. The van der Waals surface area contributed by atoms with Gasteiger partial charge in [-0.05, 0) is 18.6 Å². The first-order chi connectivity index (χ1) is 8.76. The molecule has 1 aliphatic heterocycles. The minimum atomic E-state index is -0.292. The van der Waals surface area contributed by atoms with Gasteiger partial charge in [-0.15, -0.1) is 0 Å². The van der Waals surface area contributed by atoms with E-state index < -0.39 is 0 Å². The Balaban J connectivity index is 2.24. The normalized spacial score (nSPS) is 15.2. The van der Waals surface area contributed by atoms with Crippen molar-refractivity contribution in [2.45, 2.75) is 6.42 Å². The highest BCUT2D eigenvalue weighted by Crippen LogP contribution is 2.24. The zero-order chi connectivity index (χ0) is 13.0. The fraction of sp³-hybridized carbons (Fsp3) is 0.357. The van der Waals surface area contributed by atoms with Crippen LogP contribution in [0.15, 0.2) is 35.9 Å². The fourth-order valence-electron chi connectivity index (χ4n) is 2.15. The molecule has 1 aromatic carbocycles. The topological polar surface area (TPSA) is 55.6 Å². The van der Waals surface area contributed by atoms with E-state index in [4.69, 9.17) is 10.5 Å². The Bertz CT molecular complexity index is 469. The summed E-state index contributed by atoms with van der Waals surface area (Å²) in [6.45, 7) is 2.30. The Labute approximate surface area is 107 Å². The number of para-hydroxylation sites is 1. The summed E-state index contributed by atoms with van der Waals surface area (Å²) in [5.74, 6) is -0.292. The molecule has 0 spiro atoms. The molecule has 18 heavy (non-hydrogen) atoms. The van der Waals surface area contributed by atoms with E-state index in [0.29, 0.717) is 12.1 Å². The maximum absolute atomic E-state index is 11.7. The van der Waals surface area contributed by atoms with Gasteiger partial charge < -0.3 is 15.4 Å². The van der Waals surface area contributed by atoms with Crippen LogP contribution < -0.4 is 10.6 Å². The lowest BCUT2D eigenvalue weighted by molar-refractivity contribution is 0.0601. The van der Waals surface area contributed by atoms with E-state index >= 15 is 0 Å². The van der Waals surface area contributed by atoms with Gasteiger partial charge in [-0.2, -0.15) is 0 Å². The number of nitrogens with zero attached hydrogens (tertiary/aromatic N) is 1. The first-order valence-electron chi connectivity index (χ1n) is 6.06. The summed E-state index contributed by atoms with van der Waals surface area (Å²) in [7, 11) is 1.40. The standard InChI is InChI=1S/C14H18N2O2/c1-18-14(17)12-4-2-3-5-13(12)16-8-6-11(10-15)7-9-16/h2-6H,7-10,15H2,1H3. The Kier molecular flexibility index (Phi) is 3.99. The number of nitrogens with two attached hydrogens (primary N) is 1. The molecule has 2 N–H and O–H groups in total. The SMILES string of the molecule is COC(=O)c1ccccc1N1CC=C(CN)CC1. The molecule has 1 aromatic rings. The molecule has 0 saturated carbocycles. The predicted molar refractivity (Wildman–Crippen MR) is 71.7 cm³/mol. The fourth-order valence-corrected chi connectivity index (χ4v) is 2.15. The number of carbonyl (C=O) groups excluding carboxylic acids is 1. The smallest absolute Gasteiger partial charge is 0.339 e. The molecule has 0 aromatic heterocycles. The molecule has 0 aliphatic carbocycles. The van der Waals surface area contributed by atoms with Crippen LogP contribution in [0.5, 0.6) is 0 Å². The lowest BCUT2D eigenvalue weighted by Crippen LogP contribution is -2.31. The van der Waals surface area contributed by atoms with Crippen LogP contribution in [0.2, 0.25) is 0 Å². The lowest BCUT2D eigenvalue weighted by Gasteiger charge is -2.29. The van der Waals surface area contributed by atoms with Gasteiger partial charge in [0, 0.05) is 19.6 Å². The largest absolute Gasteiger partial charge is 0.465 e. The van der Waals surface area contributed by atoms with Crippen molar-refractivity contribution in [3.63, 3.8) is 0 Å². The second kappa shape index (κ2) is 5.69. The zero-order valence-electron chi connectivity index (χ0n) is 10.6. The van der Waals surface area contributed by atoms with Gasteiger partial charge in [0.15, 0.2) is 0 Å². The first kappa shape index (κ1) is 12.6. The average molecular weight is 246 g/mol. The number of hydrogen-bond donors (Lipinski definition) is 1. The van der Waals surface area contributed by atoms with Crippen molar-refractivity contribution in [2.75, 3.05) is 31.6 Å². The van der Waals surface area contributed by atoms with Crippen LogP contribution in [0, 0.1) is 0 Å². The summed E-state index contributed by atoms with van der Waals surface area (Å²) >= 11 is 0. The molecule has 0 radical (unpaired) electrons. The summed E-state index contributed by atoms with van der Waals surface area (Å²) < 4.78 is 4.81. The van der Waals surface area contributed by atoms with Crippen LogP contribution in [0.1, 0.15) is 16.8 Å². The van der Waals surface area contributed by atoms with Crippen molar-refractivity contribution in [1.29, 1.82) is 0 Å². The van der Waals surface area contributed by atoms with E-state index in [-0.39, 0.29) is 5.97 Å². The minimum absolute atomic E-state index is 0.292. The van der Waals surface area contributed by atoms with E-state index in [2.05, 4.69) is 11.0 Å². The number of ether oxygens (including phenoxy) is 1. The molecule has 1 heterocycles. The van der Waals surface area contributed by atoms with Gasteiger partial charge in [-0.1, -0.05) is 23.8 Å². The lowest BCUT2D eigenvalue weighted by atomic mass is 10.1. The molecule has 0 bridgehead atoms. The summed E-state index contributed by atoms with van der Waals surface area (Å²) in [5, 5.41) is 0. The van der Waals surface area contributed by atoms with E-state index in [1.54, 1.807) is 6.07 Å². The Hall–Kier alpha value is -1.81. The van der Waals surface area contributed by atoms with Crippen molar-refractivity contribution in [3.05, 3.63) is 41.5 Å². The Morgan fingerprint density at radius 1 is 1.44 bits per heavy atom. The van der Waals surface area contributed by atoms with Crippen molar-refractivity contribution in [2.24, 2.45) is 5.73 Å². The van der Waals surface area contributed by atoms with Crippen LogP contribution in [0.4, 0.5) is 5.69 Å². The molecule has 96 valence electrons. The van der Waals surface area contributed by atoms with Gasteiger partial charge in [-0.25, -0.2) is 4.79 Å². The van der Waals surface area contributed by atoms with Crippen molar-refractivity contribution < 1.29 is 9.53 Å². The summed E-state index contributed by atoms with van der Waals surface area (Å²) in [4.78, 5) is 13.9. The third kappa shape index (κ3) is 2.54. The van der Waals surface area contributed by atoms with Crippen molar-refractivity contribution in [3.8, 4) is 0 Å². The van der Waals surface area contributed by atoms with Crippen LogP contribution in [-0.2, 0) is 4.74 Å². The van der Waals surface area contributed by atoms with Crippen LogP contribution >= 0.6 is 0 Å². The molecule has 4 nitrogen and oxygen atoms in total. The molecule has 0 atom stereocenters. The molecule has 0 saturated heterocycles. The molecule has 4 heteroatoms. The first-order valence-corrected chi connectivity index (χ1v) is 6.06. The summed E-state index contributed by atoms with van der Waals surface area (Å²) in [6.07, 6.45) is 3.09. The number of esters is 1. The Morgan fingerprint density at radius 2 is 2.22 bits per heavy atom. The maximum Gasteiger partial charge on any atom is 0.339 e. The second-order valence-corrected chi connectivity index (χ2v) is 4.27. The van der Waals surface area contributed by atoms with E-state index in [1.807, 2.05) is 18.2 Å². The molecular weight excluding hydrogens is 228 g/mol. The molecule has 0 amide bonds. The highest BCUT2D eigenvalue weighted by molar-refractivity contribution is 5.95. The molecule has 0 unspecified atom stereocenters. The van der Waals surface area contributed by atoms with Crippen LogP contribution in [0.25, 0.3) is 0 Å². The van der Waals surface area contributed by atoms with Gasteiger partial charge in [0.05, 0.1) is 18.4 Å². The second-order valence-electron chi connectivity index (χ2n) is 4.27. The Morgan fingerprint density at radius 3 is 2.83 bits per heavy atom. The highest BCUT2D eigenvalue weighted by atomic mass is 16.5. The monoisotopic (exact) mass is 246 g/mol. The van der Waals surface area contributed by atoms with Gasteiger partial charge in [-0.3, -0.25) is 0 Å². The predicted octanol–water partition coefficient (Wildman–Crippen LogP) is 1.57. The number of benzene rings is 1. The molecular formula is C14H18N2O2. The quantitative estimate of drug-likeness (QED) is 0.649. The third-order valence-corrected chi connectivity index (χ3v) is 3.22.